The van der Waals surface area contributed by atoms with E-state index in [-0.39, 0.29) is 17.1 Å². The molecule has 0 unspecified atom stereocenters. The molecule has 1 heterocycles. The summed E-state index contributed by atoms with van der Waals surface area (Å²) in [5, 5.41) is 0. The molecule has 2 nitrogen and oxygen atoms in total. The van der Waals surface area contributed by atoms with Crippen molar-refractivity contribution in [1.29, 1.82) is 0 Å². The van der Waals surface area contributed by atoms with Gasteiger partial charge >= 0.3 is 6.18 Å². The van der Waals surface area contributed by atoms with E-state index < -0.39 is 17.6 Å². The zero-order chi connectivity index (χ0) is 13.3. The summed E-state index contributed by atoms with van der Waals surface area (Å²) in [6.07, 6.45) is -4.18. The lowest BCUT2D eigenvalue weighted by Gasteiger charge is -2.07. The minimum Gasteiger partial charge on any atom is -0.453 e. The van der Waals surface area contributed by atoms with E-state index in [4.69, 9.17) is 4.42 Å². The van der Waals surface area contributed by atoms with Gasteiger partial charge in [0.05, 0.1) is 11.1 Å². The number of hydrogen-bond acceptors (Lipinski definition) is 2. The summed E-state index contributed by atoms with van der Waals surface area (Å²) in [7, 11) is 0. The Hall–Kier alpha value is -2.11. The Morgan fingerprint density at radius 1 is 1.11 bits per heavy atom. The van der Waals surface area contributed by atoms with E-state index >= 15 is 0 Å². The van der Waals surface area contributed by atoms with Crippen LogP contribution >= 0.6 is 0 Å². The van der Waals surface area contributed by atoms with Crippen molar-refractivity contribution >= 4 is 6.29 Å². The maximum atomic E-state index is 13.5. The SMILES string of the molecule is O=Cc1ccc(-c2ccc(C(F)(F)F)cc2F)o1. The molecule has 0 atom stereocenters. The normalized spacial score (nSPS) is 11.6. The van der Waals surface area contributed by atoms with Crippen LogP contribution in [0.3, 0.4) is 0 Å². The third-order valence-corrected chi connectivity index (χ3v) is 2.30. The first-order valence-corrected chi connectivity index (χ1v) is 4.84. The van der Waals surface area contributed by atoms with E-state index in [0.29, 0.717) is 12.4 Å². The largest absolute Gasteiger partial charge is 0.453 e. The smallest absolute Gasteiger partial charge is 0.416 e. The maximum Gasteiger partial charge on any atom is 0.416 e. The predicted molar refractivity (Wildman–Crippen MR) is 54.5 cm³/mol. The van der Waals surface area contributed by atoms with Crippen LogP contribution in [0.25, 0.3) is 11.3 Å². The zero-order valence-corrected chi connectivity index (χ0v) is 8.79. The van der Waals surface area contributed by atoms with Crippen molar-refractivity contribution in [3.8, 4) is 11.3 Å². The van der Waals surface area contributed by atoms with Gasteiger partial charge < -0.3 is 4.42 Å². The molecule has 6 heteroatoms. The Balaban J connectivity index is 2.44. The minimum absolute atomic E-state index is 0.00308. The molecular weight excluding hydrogens is 252 g/mol. The second-order valence-corrected chi connectivity index (χ2v) is 3.51. The second kappa shape index (κ2) is 4.29. The fraction of sp³-hybridized carbons (Fsp3) is 0.0833. The molecule has 0 aliphatic heterocycles. The summed E-state index contributed by atoms with van der Waals surface area (Å²) in [6, 6.07) is 4.72. The molecule has 0 bridgehead atoms. The first kappa shape index (κ1) is 12.3. The van der Waals surface area contributed by atoms with E-state index in [1.54, 1.807) is 0 Å². The van der Waals surface area contributed by atoms with Crippen molar-refractivity contribution in [3.05, 3.63) is 47.5 Å². The first-order valence-electron chi connectivity index (χ1n) is 4.84. The fourth-order valence-corrected chi connectivity index (χ4v) is 1.45. The summed E-state index contributed by atoms with van der Waals surface area (Å²) in [6.45, 7) is 0. The van der Waals surface area contributed by atoms with Crippen LogP contribution < -0.4 is 0 Å². The number of halogens is 4. The van der Waals surface area contributed by atoms with Crippen LogP contribution in [0.2, 0.25) is 0 Å². The van der Waals surface area contributed by atoms with Crippen LogP contribution in [-0.2, 0) is 6.18 Å². The highest BCUT2D eigenvalue weighted by molar-refractivity contribution is 5.72. The van der Waals surface area contributed by atoms with Gasteiger partial charge in [-0.05, 0) is 30.3 Å². The molecule has 94 valence electrons. The summed E-state index contributed by atoms with van der Waals surface area (Å²) in [5.74, 6) is -1.08. The molecule has 1 aromatic heterocycles. The van der Waals surface area contributed by atoms with Crippen molar-refractivity contribution in [2.75, 3.05) is 0 Å². The van der Waals surface area contributed by atoms with Gasteiger partial charge in [-0.2, -0.15) is 13.2 Å². The van der Waals surface area contributed by atoms with Gasteiger partial charge in [-0.25, -0.2) is 4.39 Å². The first-order chi connectivity index (χ1) is 8.41. The lowest BCUT2D eigenvalue weighted by Crippen LogP contribution is -2.05. The number of aldehydes is 1. The van der Waals surface area contributed by atoms with E-state index in [0.717, 1.165) is 12.1 Å². The molecule has 0 spiro atoms. The Morgan fingerprint density at radius 3 is 2.33 bits per heavy atom. The Bertz CT molecular complexity index is 584. The van der Waals surface area contributed by atoms with Crippen LogP contribution in [0.5, 0.6) is 0 Å². The van der Waals surface area contributed by atoms with E-state index in [2.05, 4.69) is 0 Å². The molecule has 0 saturated carbocycles. The Kier molecular flexibility index (Phi) is 2.94. The molecule has 2 aromatic rings. The molecule has 0 aliphatic rings. The summed E-state index contributed by atoms with van der Waals surface area (Å²) >= 11 is 0. The van der Waals surface area contributed by atoms with E-state index in [1.807, 2.05) is 0 Å². The molecule has 0 amide bonds. The lowest BCUT2D eigenvalue weighted by molar-refractivity contribution is -0.137. The van der Waals surface area contributed by atoms with Gasteiger partial charge in [0.1, 0.15) is 11.6 Å². The van der Waals surface area contributed by atoms with E-state index in [1.165, 1.54) is 12.1 Å². The van der Waals surface area contributed by atoms with Gasteiger partial charge in [-0.3, -0.25) is 4.79 Å². The van der Waals surface area contributed by atoms with Crippen LogP contribution in [-0.4, -0.2) is 6.29 Å². The average Bonchev–Trinajstić information content (AvgIpc) is 2.76. The zero-order valence-electron chi connectivity index (χ0n) is 8.79. The van der Waals surface area contributed by atoms with Gasteiger partial charge in [0.2, 0.25) is 0 Å². The van der Waals surface area contributed by atoms with Crippen LogP contribution in [0.1, 0.15) is 16.1 Å². The summed E-state index contributed by atoms with van der Waals surface area (Å²) in [5.41, 5.74) is -1.21. The second-order valence-electron chi connectivity index (χ2n) is 3.51. The topological polar surface area (TPSA) is 30.2 Å². The summed E-state index contributed by atoms with van der Waals surface area (Å²) in [4.78, 5) is 10.4. The maximum absolute atomic E-state index is 13.5. The highest BCUT2D eigenvalue weighted by Crippen LogP contribution is 2.33. The predicted octanol–water partition coefficient (Wildman–Crippen LogP) is 3.92. The van der Waals surface area contributed by atoms with Gasteiger partial charge in [0.25, 0.3) is 0 Å². The molecule has 1 aromatic carbocycles. The van der Waals surface area contributed by atoms with Gasteiger partial charge in [0.15, 0.2) is 12.0 Å². The monoisotopic (exact) mass is 258 g/mol. The summed E-state index contributed by atoms with van der Waals surface area (Å²) < 4.78 is 55.4. The van der Waals surface area contributed by atoms with Gasteiger partial charge in [-0.1, -0.05) is 0 Å². The Morgan fingerprint density at radius 2 is 1.83 bits per heavy atom. The molecule has 0 fully saturated rings. The molecule has 18 heavy (non-hydrogen) atoms. The number of hydrogen-bond donors (Lipinski definition) is 0. The number of rotatable bonds is 2. The Labute approximate surface area is 98.8 Å². The number of carbonyl (C=O) groups is 1. The van der Waals surface area contributed by atoms with Crippen LogP contribution in [0.4, 0.5) is 17.6 Å². The molecule has 0 saturated heterocycles. The molecular formula is C12H6F4O2. The highest BCUT2D eigenvalue weighted by Gasteiger charge is 2.31. The standard InChI is InChI=1S/C12H6F4O2/c13-10-5-7(12(14,15)16)1-3-9(10)11-4-2-8(6-17)18-11/h1-6H. The third-order valence-electron chi connectivity index (χ3n) is 2.30. The highest BCUT2D eigenvalue weighted by atomic mass is 19.4. The van der Waals surface area contributed by atoms with Crippen molar-refractivity contribution in [3.63, 3.8) is 0 Å². The molecule has 0 aliphatic carbocycles. The van der Waals surface area contributed by atoms with E-state index in [9.17, 15) is 22.4 Å². The quantitative estimate of drug-likeness (QED) is 0.603. The van der Waals surface area contributed by atoms with Gasteiger partial charge in [-0.15, -0.1) is 0 Å². The molecule has 0 radical (unpaired) electrons. The molecule has 2 rings (SSSR count). The van der Waals surface area contributed by atoms with Crippen molar-refractivity contribution in [2.45, 2.75) is 6.18 Å². The fourth-order valence-electron chi connectivity index (χ4n) is 1.45. The van der Waals surface area contributed by atoms with Crippen LogP contribution in [0.15, 0.2) is 34.7 Å². The van der Waals surface area contributed by atoms with Crippen molar-refractivity contribution < 1.29 is 26.8 Å². The lowest BCUT2D eigenvalue weighted by atomic mass is 10.1. The van der Waals surface area contributed by atoms with Crippen molar-refractivity contribution in [1.82, 2.24) is 0 Å². The number of alkyl halides is 3. The average molecular weight is 258 g/mol. The number of benzene rings is 1. The van der Waals surface area contributed by atoms with Crippen molar-refractivity contribution in [2.24, 2.45) is 0 Å². The number of carbonyl (C=O) groups excluding carboxylic acids is 1. The van der Waals surface area contributed by atoms with Crippen LogP contribution in [0, 0.1) is 5.82 Å². The third kappa shape index (κ3) is 2.27. The molecule has 0 N–H and O–H groups in total. The number of furan rings is 1. The minimum atomic E-state index is -4.60. The van der Waals surface area contributed by atoms with Gasteiger partial charge in [0, 0.05) is 0 Å².